The average molecular weight is 985 g/mol. The van der Waals surface area contributed by atoms with E-state index in [1.54, 1.807) is 6.08 Å². The van der Waals surface area contributed by atoms with E-state index in [0.29, 0.717) is 19.4 Å². The second-order valence-corrected chi connectivity index (χ2v) is 21.4. The van der Waals surface area contributed by atoms with Crippen molar-refractivity contribution in [1.29, 1.82) is 0 Å². The summed E-state index contributed by atoms with van der Waals surface area (Å²) >= 11 is 0. The summed E-state index contributed by atoms with van der Waals surface area (Å²) in [5, 5.41) is 23.2. The molecule has 0 aliphatic heterocycles. The highest BCUT2D eigenvalue weighted by Crippen LogP contribution is 2.17. The topological polar surface area (TPSA) is 95.9 Å². The molecule has 0 saturated carbocycles. The minimum atomic E-state index is -0.868. The van der Waals surface area contributed by atoms with Crippen LogP contribution in [0.25, 0.3) is 0 Å². The largest absolute Gasteiger partial charge is 0.466 e. The summed E-state index contributed by atoms with van der Waals surface area (Å²) in [6.07, 6.45) is 74.7. The molecule has 0 spiro atoms. The van der Waals surface area contributed by atoms with Gasteiger partial charge in [0.2, 0.25) is 5.91 Å². The Morgan fingerprint density at radius 2 is 0.671 bits per heavy atom. The number of rotatable bonds is 58. The van der Waals surface area contributed by atoms with E-state index in [4.69, 9.17) is 4.74 Å². The van der Waals surface area contributed by atoms with Crippen molar-refractivity contribution in [3.8, 4) is 0 Å². The Morgan fingerprint density at radius 3 is 1.01 bits per heavy atom. The number of allylic oxidation sites excluding steroid dienone is 5. The first kappa shape index (κ1) is 68.1. The van der Waals surface area contributed by atoms with Crippen molar-refractivity contribution in [2.45, 2.75) is 347 Å². The van der Waals surface area contributed by atoms with Crippen LogP contribution in [0.1, 0.15) is 335 Å². The Morgan fingerprint density at radius 1 is 0.386 bits per heavy atom. The smallest absolute Gasteiger partial charge is 0.305 e. The normalized spacial score (nSPS) is 12.8. The third-order valence-electron chi connectivity index (χ3n) is 14.4. The first-order chi connectivity index (χ1) is 34.5. The molecule has 0 aromatic heterocycles. The minimum Gasteiger partial charge on any atom is -0.466 e. The fourth-order valence-corrected chi connectivity index (χ4v) is 9.57. The van der Waals surface area contributed by atoms with Crippen LogP contribution >= 0.6 is 0 Å². The summed E-state index contributed by atoms with van der Waals surface area (Å²) < 4.78 is 5.46. The number of ether oxygens (including phenoxy) is 1. The van der Waals surface area contributed by atoms with Crippen LogP contribution in [0.3, 0.4) is 0 Å². The monoisotopic (exact) mass is 984 g/mol. The van der Waals surface area contributed by atoms with Gasteiger partial charge in [0.05, 0.1) is 25.4 Å². The van der Waals surface area contributed by atoms with Crippen molar-refractivity contribution >= 4 is 11.9 Å². The number of aliphatic hydroxyl groups is 2. The highest BCUT2D eigenvalue weighted by Gasteiger charge is 2.18. The van der Waals surface area contributed by atoms with Crippen LogP contribution in [0.2, 0.25) is 0 Å². The van der Waals surface area contributed by atoms with Crippen molar-refractivity contribution in [3.63, 3.8) is 0 Å². The molecule has 3 N–H and O–H groups in total. The second kappa shape index (κ2) is 59.6. The van der Waals surface area contributed by atoms with Gasteiger partial charge < -0.3 is 20.3 Å². The molecule has 6 nitrogen and oxygen atoms in total. The number of carbonyl (C=O) groups excluding carboxylic acids is 2. The molecule has 0 rings (SSSR count). The zero-order valence-corrected chi connectivity index (χ0v) is 47.0. The third kappa shape index (κ3) is 55.4. The van der Waals surface area contributed by atoms with Gasteiger partial charge in [0.1, 0.15) is 0 Å². The van der Waals surface area contributed by atoms with Crippen LogP contribution in [0.15, 0.2) is 36.5 Å². The molecular weight excluding hydrogens is 863 g/mol. The third-order valence-corrected chi connectivity index (χ3v) is 14.4. The number of hydrogen-bond donors (Lipinski definition) is 3. The maximum absolute atomic E-state index is 12.5. The van der Waals surface area contributed by atoms with Gasteiger partial charge in [0, 0.05) is 12.8 Å². The van der Waals surface area contributed by atoms with Gasteiger partial charge in [-0.3, -0.25) is 9.59 Å². The number of carbonyl (C=O) groups is 2. The number of unbranched alkanes of at least 4 members (excludes halogenated alkanes) is 43. The van der Waals surface area contributed by atoms with Gasteiger partial charge in [-0.15, -0.1) is 0 Å². The van der Waals surface area contributed by atoms with Crippen LogP contribution in [0.4, 0.5) is 0 Å². The fraction of sp³-hybridized carbons (Fsp3) is 0.875. The van der Waals surface area contributed by atoms with Crippen molar-refractivity contribution in [3.05, 3.63) is 36.5 Å². The molecule has 0 saturated heterocycles. The lowest BCUT2D eigenvalue weighted by Gasteiger charge is -2.20. The number of aliphatic hydroxyl groups excluding tert-OH is 2. The van der Waals surface area contributed by atoms with E-state index in [0.717, 1.165) is 77.0 Å². The van der Waals surface area contributed by atoms with Crippen molar-refractivity contribution in [2.75, 3.05) is 13.2 Å². The molecule has 1 amide bonds. The highest BCUT2D eigenvalue weighted by atomic mass is 16.5. The summed E-state index contributed by atoms with van der Waals surface area (Å²) in [7, 11) is 0. The van der Waals surface area contributed by atoms with Crippen molar-refractivity contribution in [2.24, 2.45) is 0 Å². The Bertz CT molecular complexity index is 1130. The van der Waals surface area contributed by atoms with E-state index in [9.17, 15) is 19.8 Å². The molecule has 2 atom stereocenters. The Balaban J connectivity index is 3.52. The molecule has 6 heteroatoms. The summed E-state index contributed by atoms with van der Waals surface area (Å²) in [6.45, 7) is 4.83. The van der Waals surface area contributed by atoms with Crippen LogP contribution in [-0.4, -0.2) is 47.4 Å². The first-order valence-electron chi connectivity index (χ1n) is 31.3. The number of amides is 1. The molecular formula is C64H121NO5. The SMILES string of the molecule is CCCCCCCC/C=C\CCCCCCCCCCCC(=O)OCCCC/C=C\CCCCCCC(=O)NC(CO)C(O)/C=C/CCCCCCCCCCCCCCCCCCCCCCCC. The van der Waals surface area contributed by atoms with Gasteiger partial charge in [-0.1, -0.05) is 275 Å². The lowest BCUT2D eigenvalue weighted by molar-refractivity contribution is -0.143. The summed E-state index contributed by atoms with van der Waals surface area (Å²) in [4.78, 5) is 24.6. The lowest BCUT2D eigenvalue weighted by atomic mass is 10.0. The van der Waals surface area contributed by atoms with E-state index in [1.807, 2.05) is 6.08 Å². The fourth-order valence-electron chi connectivity index (χ4n) is 9.57. The zero-order chi connectivity index (χ0) is 50.7. The van der Waals surface area contributed by atoms with Gasteiger partial charge in [-0.05, 0) is 83.5 Å². The number of esters is 1. The van der Waals surface area contributed by atoms with Crippen LogP contribution in [0.5, 0.6) is 0 Å². The maximum atomic E-state index is 12.5. The van der Waals surface area contributed by atoms with E-state index in [-0.39, 0.29) is 18.5 Å². The molecule has 0 aromatic rings. The van der Waals surface area contributed by atoms with Gasteiger partial charge in [-0.25, -0.2) is 0 Å². The zero-order valence-electron chi connectivity index (χ0n) is 47.0. The van der Waals surface area contributed by atoms with E-state index < -0.39 is 12.1 Å². The van der Waals surface area contributed by atoms with Crippen molar-refractivity contribution < 1.29 is 24.5 Å². The summed E-state index contributed by atoms with van der Waals surface area (Å²) in [6, 6.07) is -0.655. The Labute approximate surface area is 436 Å². The van der Waals surface area contributed by atoms with E-state index >= 15 is 0 Å². The van der Waals surface area contributed by atoms with E-state index in [1.165, 1.54) is 231 Å². The van der Waals surface area contributed by atoms with Crippen LogP contribution in [-0.2, 0) is 14.3 Å². The Hall–Kier alpha value is -1.92. The quantitative estimate of drug-likeness (QED) is 0.0321. The number of nitrogens with one attached hydrogen (secondary N) is 1. The summed E-state index contributed by atoms with van der Waals surface area (Å²) in [5.74, 6) is -0.139. The molecule has 412 valence electrons. The molecule has 0 bridgehead atoms. The maximum Gasteiger partial charge on any atom is 0.305 e. The molecule has 0 aliphatic carbocycles. The molecule has 70 heavy (non-hydrogen) atoms. The van der Waals surface area contributed by atoms with Gasteiger partial charge >= 0.3 is 5.97 Å². The van der Waals surface area contributed by atoms with E-state index in [2.05, 4.69) is 43.5 Å². The van der Waals surface area contributed by atoms with Crippen LogP contribution < -0.4 is 5.32 Å². The summed E-state index contributed by atoms with van der Waals surface area (Å²) in [5.41, 5.74) is 0. The second-order valence-electron chi connectivity index (χ2n) is 21.4. The predicted molar refractivity (Wildman–Crippen MR) is 306 cm³/mol. The molecule has 2 unspecified atom stereocenters. The lowest BCUT2D eigenvalue weighted by Crippen LogP contribution is -2.45. The molecule has 0 aromatic carbocycles. The van der Waals surface area contributed by atoms with Crippen molar-refractivity contribution in [1.82, 2.24) is 5.32 Å². The minimum absolute atomic E-state index is 0.0382. The first-order valence-corrected chi connectivity index (χ1v) is 31.3. The average Bonchev–Trinajstić information content (AvgIpc) is 3.36. The molecule has 0 aliphatic rings. The van der Waals surface area contributed by atoms with Gasteiger partial charge in [0.15, 0.2) is 0 Å². The standard InChI is InChI=1S/C64H121NO5/c1-3-5-7-9-11-13-15-17-19-21-23-24-25-26-27-29-30-32-34-36-40-44-48-52-56-62(67)61(60-66)65-63(68)57-53-49-45-41-38-39-43-47-51-55-59-70-64(69)58-54-50-46-42-37-35-33-31-28-22-20-18-16-14-12-10-8-6-4-2/h18,20,39,43,52,56,61-62,66-67H,3-17,19,21-38,40-42,44-51,53-55,57-60H2,1-2H3,(H,65,68)/b20-18-,43-39-,56-52+. The predicted octanol–water partition coefficient (Wildman–Crippen LogP) is 19.6. The van der Waals surface area contributed by atoms with Gasteiger partial charge in [-0.2, -0.15) is 0 Å². The molecule has 0 heterocycles. The molecule has 0 fully saturated rings. The number of hydrogen-bond acceptors (Lipinski definition) is 5. The Kier molecular flexibility index (Phi) is 58.0. The van der Waals surface area contributed by atoms with Gasteiger partial charge in [0.25, 0.3) is 0 Å². The molecule has 0 radical (unpaired) electrons. The van der Waals surface area contributed by atoms with Crippen LogP contribution in [0, 0.1) is 0 Å². The highest BCUT2D eigenvalue weighted by molar-refractivity contribution is 5.76.